The third-order valence-corrected chi connectivity index (χ3v) is 4.45. The van der Waals surface area contributed by atoms with Crippen molar-refractivity contribution in [1.29, 1.82) is 0 Å². The predicted molar refractivity (Wildman–Crippen MR) is 107 cm³/mol. The van der Waals surface area contributed by atoms with Crippen LogP contribution in [0, 0.1) is 0 Å². The van der Waals surface area contributed by atoms with Crippen LogP contribution in [0.15, 0.2) is 65.5 Å². The van der Waals surface area contributed by atoms with Gasteiger partial charge in [0.2, 0.25) is 5.91 Å². The maximum atomic E-state index is 12.2. The molecule has 1 amide bonds. The SMILES string of the molecule is O=C(Cn1nc(-c2ccc(Cl)cc2)ccc1=O)NCCc1ccc(Cl)cc1. The monoisotopic (exact) mass is 401 g/mol. The Kier molecular flexibility index (Phi) is 6.27. The van der Waals surface area contributed by atoms with Crippen LogP contribution in [0.5, 0.6) is 0 Å². The van der Waals surface area contributed by atoms with E-state index >= 15 is 0 Å². The van der Waals surface area contributed by atoms with Crippen LogP contribution in [-0.4, -0.2) is 22.2 Å². The van der Waals surface area contributed by atoms with E-state index in [0.29, 0.717) is 28.7 Å². The van der Waals surface area contributed by atoms with Gasteiger partial charge in [-0.05, 0) is 42.3 Å². The van der Waals surface area contributed by atoms with E-state index in [-0.39, 0.29) is 18.0 Å². The topological polar surface area (TPSA) is 64.0 Å². The molecule has 27 heavy (non-hydrogen) atoms. The Hall–Kier alpha value is -2.63. The number of hydrogen-bond acceptors (Lipinski definition) is 3. The highest BCUT2D eigenvalue weighted by molar-refractivity contribution is 6.30. The van der Waals surface area contributed by atoms with Crippen LogP contribution in [0.3, 0.4) is 0 Å². The van der Waals surface area contributed by atoms with E-state index in [1.165, 1.54) is 6.07 Å². The zero-order chi connectivity index (χ0) is 19.2. The van der Waals surface area contributed by atoms with Crippen molar-refractivity contribution in [2.45, 2.75) is 13.0 Å². The number of nitrogens with one attached hydrogen (secondary N) is 1. The molecule has 0 bridgehead atoms. The van der Waals surface area contributed by atoms with Gasteiger partial charge in [0.25, 0.3) is 5.56 Å². The van der Waals surface area contributed by atoms with E-state index in [0.717, 1.165) is 15.8 Å². The Bertz CT molecular complexity index is 983. The Balaban J connectivity index is 1.61. The first-order chi connectivity index (χ1) is 13.0. The molecule has 138 valence electrons. The van der Waals surface area contributed by atoms with Crippen molar-refractivity contribution in [3.8, 4) is 11.3 Å². The van der Waals surface area contributed by atoms with E-state index in [1.807, 2.05) is 36.4 Å². The number of halogens is 2. The molecule has 7 heteroatoms. The molecule has 0 saturated heterocycles. The van der Waals surface area contributed by atoms with Crippen molar-refractivity contribution in [3.63, 3.8) is 0 Å². The molecular weight excluding hydrogens is 385 g/mol. The maximum Gasteiger partial charge on any atom is 0.267 e. The summed E-state index contributed by atoms with van der Waals surface area (Å²) in [5.41, 5.74) is 2.15. The van der Waals surface area contributed by atoms with Crippen molar-refractivity contribution in [2.24, 2.45) is 0 Å². The highest BCUT2D eigenvalue weighted by atomic mass is 35.5. The highest BCUT2D eigenvalue weighted by Crippen LogP contribution is 2.18. The minimum atomic E-state index is -0.333. The first-order valence-corrected chi connectivity index (χ1v) is 9.12. The summed E-state index contributed by atoms with van der Waals surface area (Å²) < 4.78 is 1.15. The number of carbonyl (C=O) groups is 1. The van der Waals surface area contributed by atoms with Crippen LogP contribution in [0.25, 0.3) is 11.3 Å². The number of nitrogens with zero attached hydrogens (tertiary/aromatic N) is 2. The number of benzene rings is 2. The lowest BCUT2D eigenvalue weighted by atomic mass is 10.1. The fourth-order valence-electron chi connectivity index (χ4n) is 2.53. The lowest BCUT2D eigenvalue weighted by Crippen LogP contribution is -2.34. The van der Waals surface area contributed by atoms with Gasteiger partial charge in [-0.2, -0.15) is 5.10 Å². The van der Waals surface area contributed by atoms with E-state index in [4.69, 9.17) is 23.2 Å². The van der Waals surface area contributed by atoms with Crippen molar-refractivity contribution in [1.82, 2.24) is 15.1 Å². The van der Waals surface area contributed by atoms with Crippen LogP contribution in [0.2, 0.25) is 10.0 Å². The molecule has 0 fully saturated rings. The Labute approximate surface area is 166 Å². The summed E-state index contributed by atoms with van der Waals surface area (Å²) in [4.78, 5) is 24.2. The largest absolute Gasteiger partial charge is 0.354 e. The van der Waals surface area contributed by atoms with Gasteiger partial charge < -0.3 is 5.32 Å². The van der Waals surface area contributed by atoms with E-state index in [9.17, 15) is 9.59 Å². The summed E-state index contributed by atoms with van der Waals surface area (Å²) in [6.07, 6.45) is 0.677. The predicted octanol–water partition coefficient (Wildman–Crippen LogP) is 3.58. The number of hydrogen-bond donors (Lipinski definition) is 1. The maximum absolute atomic E-state index is 12.2. The van der Waals surface area contributed by atoms with Crippen molar-refractivity contribution in [3.05, 3.63) is 86.6 Å². The summed E-state index contributed by atoms with van der Waals surface area (Å²) >= 11 is 11.7. The van der Waals surface area contributed by atoms with Gasteiger partial charge in [-0.15, -0.1) is 0 Å². The highest BCUT2D eigenvalue weighted by Gasteiger charge is 2.08. The first kappa shape index (κ1) is 19.1. The molecular formula is C20H17Cl2N3O2. The van der Waals surface area contributed by atoms with E-state index in [2.05, 4.69) is 10.4 Å². The van der Waals surface area contributed by atoms with Gasteiger partial charge >= 0.3 is 0 Å². The third kappa shape index (κ3) is 5.42. The zero-order valence-corrected chi connectivity index (χ0v) is 15.9. The van der Waals surface area contributed by atoms with Crippen molar-refractivity contribution in [2.75, 3.05) is 6.54 Å². The molecule has 5 nitrogen and oxygen atoms in total. The van der Waals surface area contributed by atoms with Gasteiger partial charge in [0, 0.05) is 28.2 Å². The second-order valence-electron chi connectivity index (χ2n) is 5.95. The zero-order valence-electron chi connectivity index (χ0n) is 14.4. The number of rotatable bonds is 6. The minimum absolute atomic E-state index is 0.138. The Morgan fingerprint density at radius 1 is 0.926 bits per heavy atom. The Morgan fingerprint density at radius 3 is 2.22 bits per heavy atom. The molecule has 3 rings (SSSR count). The van der Waals surface area contributed by atoms with Gasteiger partial charge in [-0.1, -0.05) is 47.5 Å². The van der Waals surface area contributed by atoms with Gasteiger partial charge in [0.05, 0.1) is 5.69 Å². The molecule has 0 spiro atoms. The molecule has 1 aromatic heterocycles. The molecule has 3 aromatic rings. The summed E-state index contributed by atoms with van der Waals surface area (Å²) in [5.74, 6) is -0.271. The summed E-state index contributed by atoms with van der Waals surface area (Å²) in [6, 6.07) is 17.6. The van der Waals surface area contributed by atoms with E-state index < -0.39 is 0 Å². The summed E-state index contributed by atoms with van der Waals surface area (Å²) in [5, 5.41) is 8.37. The van der Waals surface area contributed by atoms with Crippen LogP contribution >= 0.6 is 23.2 Å². The van der Waals surface area contributed by atoms with Crippen LogP contribution < -0.4 is 10.9 Å². The second-order valence-corrected chi connectivity index (χ2v) is 6.82. The van der Waals surface area contributed by atoms with Crippen molar-refractivity contribution < 1.29 is 4.79 Å². The fraction of sp³-hybridized carbons (Fsp3) is 0.150. The summed E-state index contributed by atoms with van der Waals surface area (Å²) in [7, 11) is 0. The molecule has 0 radical (unpaired) electrons. The first-order valence-electron chi connectivity index (χ1n) is 8.36. The quantitative estimate of drug-likeness (QED) is 0.686. The molecule has 0 aliphatic heterocycles. The minimum Gasteiger partial charge on any atom is -0.354 e. The third-order valence-electron chi connectivity index (χ3n) is 3.95. The van der Waals surface area contributed by atoms with Gasteiger partial charge in [-0.3, -0.25) is 9.59 Å². The lowest BCUT2D eigenvalue weighted by molar-refractivity contribution is -0.121. The average Bonchev–Trinajstić information content (AvgIpc) is 2.66. The van der Waals surface area contributed by atoms with Gasteiger partial charge in [0.15, 0.2) is 0 Å². The molecule has 1 N–H and O–H groups in total. The number of aromatic nitrogens is 2. The fourth-order valence-corrected chi connectivity index (χ4v) is 2.78. The molecule has 0 atom stereocenters. The standard InChI is InChI=1S/C20H17Cl2N3O2/c21-16-5-1-14(2-6-16)11-12-23-19(26)13-25-20(27)10-9-18(24-25)15-3-7-17(22)8-4-15/h1-10H,11-13H2,(H,23,26). The molecule has 0 aliphatic rings. The second kappa shape index (κ2) is 8.84. The molecule has 0 unspecified atom stereocenters. The lowest BCUT2D eigenvalue weighted by Gasteiger charge is -2.08. The molecule has 0 saturated carbocycles. The van der Waals surface area contributed by atoms with Crippen LogP contribution in [0.1, 0.15) is 5.56 Å². The van der Waals surface area contributed by atoms with Gasteiger partial charge in [-0.25, -0.2) is 4.68 Å². The van der Waals surface area contributed by atoms with Crippen molar-refractivity contribution >= 4 is 29.1 Å². The summed E-state index contributed by atoms with van der Waals surface area (Å²) in [6.45, 7) is 0.326. The molecule has 1 heterocycles. The normalized spacial score (nSPS) is 10.6. The molecule has 0 aliphatic carbocycles. The van der Waals surface area contributed by atoms with Crippen LogP contribution in [0.4, 0.5) is 0 Å². The number of carbonyl (C=O) groups excluding carboxylic acids is 1. The Morgan fingerprint density at radius 2 is 1.56 bits per heavy atom. The average molecular weight is 402 g/mol. The van der Waals surface area contributed by atoms with Crippen LogP contribution in [-0.2, 0) is 17.8 Å². The smallest absolute Gasteiger partial charge is 0.267 e. The molecule has 2 aromatic carbocycles. The number of amides is 1. The van der Waals surface area contributed by atoms with Gasteiger partial charge in [0.1, 0.15) is 6.54 Å². The van der Waals surface area contributed by atoms with E-state index in [1.54, 1.807) is 18.2 Å².